The summed E-state index contributed by atoms with van der Waals surface area (Å²) in [5, 5.41) is 6.11. The Kier molecular flexibility index (Phi) is 4.11. The minimum atomic E-state index is -0.516. The third-order valence-corrected chi connectivity index (χ3v) is 1.74. The maximum absolute atomic E-state index is 11.5. The zero-order valence-electron chi connectivity index (χ0n) is 8.82. The monoisotopic (exact) mass is 213 g/mol. The summed E-state index contributed by atoms with van der Waals surface area (Å²) in [7, 11) is 0. The first-order valence-electron chi connectivity index (χ1n) is 4.72. The van der Waals surface area contributed by atoms with Crippen LogP contribution in [0.1, 0.15) is 24.3 Å². The Labute approximate surface area is 87.7 Å². The number of nitrogens with one attached hydrogen (secondary N) is 1. The van der Waals surface area contributed by atoms with E-state index >= 15 is 0 Å². The molecular weight excluding hydrogens is 198 g/mol. The van der Waals surface area contributed by atoms with Crippen LogP contribution in [0.2, 0.25) is 0 Å². The van der Waals surface area contributed by atoms with Crippen molar-refractivity contribution in [3.63, 3.8) is 0 Å². The molecule has 1 aromatic heterocycles. The van der Waals surface area contributed by atoms with Crippen molar-refractivity contribution in [3.05, 3.63) is 11.9 Å². The molecule has 1 rings (SSSR count). The van der Waals surface area contributed by atoms with E-state index in [0.29, 0.717) is 13.2 Å². The Morgan fingerprint density at radius 2 is 2.47 bits per heavy atom. The zero-order chi connectivity index (χ0) is 11.3. The zero-order valence-corrected chi connectivity index (χ0v) is 8.82. The lowest BCUT2D eigenvalue weighted by atomic mass is 10.3. The molecule has 1 unspecified atom stereocenters. The molecule has 0 aliphatic carbocycles. The molecule has 3 N–H and O–H groups in total. The topological polar surface area (TPSA) is 90.2 Å². The first-order chi connectivity index (χ1) is 7.15. The molecule has 0 spiro atoms. The normalized spacial score (nSPS) is 12.4. The van der Waals surface area contributed by atoms with Gasteiger partial charge >= 0.3 is 5.97 Å². The number of rotatable bonds is 5. The fourth-order valence-electron chi connectivity index (χ4n) is 1.02. The highest BCUT2D eigenvalue weighted by atomic mass is 16.6. The molecule has 1 aromatic rings. The number of ether oxygens (including phenoxy) is 2. The van der Waals surface area contributed by atoms with Gasteiger partial charge in [0.1, 0.15) is 6.10 Å². The second-order valence-electron chi connectivity index (χ2n) is 3.08. The quantitative estimate of drug-likeness (QED) is 0.698. The van der Waals surface area contributed by atoms with Gasteiger partial charge in [-0.2, -0.15) is 5.10 Å². The van der Waals surface area contributed by atoms with Crippen LogP contribution in [-0.2, 0) is 9.47 Å². The molecule has 0 saturated heterocycles. The van der Waals surface area contributed by atoms with Gasteiger partial charge in [-0.05, 0) is 13.8 Å². The molecular formula is C9H15N3O3. The number of hydrogen-bond donors (Lipinski definition) is 2. The second kappa shape index (κ2) is 5.35. The molecule has 0 aliphatic heterocycles. The molecule has 0 amide bonds. The average molecular weight is 213 g/mol. The Morgan fingerprint density at radius 3 is 3.00 bits per heavy atom. The molecule has 0 bridgehead atoms. The van der Waals surface area contributed by atoms with Gasteiger partial charge in [0.25, 0.3) is 0 Å². The van der Waals surface area contributed by atoms with Gasteiger partial charge in [-0.3, -0.25) is 5.10 Å². The van der Waals surface area contributed by atoms with Gasteiger partial charge in [0.05, 0.1) is 18.5 Å². The molecule has 1 heterocycles. The predicted octanol–water partition coefficient (Wildman–Crippen LogP) is 0.574. The van der Waals surface area contributed by atoms with Crippen LogP contribution in [-0.4, -0.2) is 35.5 Å². The van der Waals surface area contributed by atoms with Crippen LogP contribution in [0.5, 0.6) is 0 Å². The molecule has 6 nitrogen and oxygen atoms in total. The molecule has 0 fully saturated rings. The molecule has 0 aliphatic rings. The summed E-state index contributed by atoms with van der Waals surface area (Å²) in [6, 6.07) is 0. The Bertz CT molecular complexity index is 324. The first-order valence-corrected chi connectivity index (χ1v) is 4.72. The van der Waals surface area contributed by atoms with Crippen LogP contribution in [0.4, 0.5) is 5.69 Å². The largest absolute Gasteiger partial charge is 0.455 e. The fourth-order valence-corrected chi connectivity index (χ4v) is 1.02. The molecule has 0 saturated carbocycles. The number of esters is 1. The number of anilines is 1. The van der Waals surface area contributed by atoms with Crippen LogP contribution in [0.3, 0.4) is 0 Å². The second-order valence-corrected chi connectivity index (χ2v) is 3.08. The van der Waals surface area contributed by atoms with Crippen molar-refractivity contribution in [2.24, 2.45) is 0 Å². The van der Waals surface area contributed by atoms with Crippen LogP contribution in [0.15, 0.2) is 6.20 Å². The van der Waals surface area contributed by atoms with Crippen molar-refractivity contribution >= 4 is 11.7 Å². The molecule has 1 atom stereocenters. The van der Waals surface area contributed by atoms with E-state index in [4.69, 9.17) is 15.2 Å². The fraction of sp³-hybridized carbons (Fsp3) is 0.556. The lowest BCUT2D eigenvalue weighted by molar-refractivity contribution is 0.00397. The summed E-state index contributed by atoms with van der Waals surface area (Å²) in [4.78, 5) is 11.5. The number of carbonyl (C=O) groups is 1. The predicted molar refractivity (Wildman–Crippen MR) is 54.4 cm³/mol. The third kappa shape index (κ3) is 3.25. The van der Waals surface area contributed by atoms with Crippen LogP contribution < -0.4 is 5.73 Å². The number of nitrogens with two attached hydrogens (primary N) is 1. The summed E-state index contributed by atoms with van der Waals surface area (Å²) in [5.41, 5.74) is 5.95. The van der Waals surface area contributed by atoms with Crippen molar-refractivity contribution in [1.29, 1.82) is 0 Å². The van der Waals surface area contributed by atoms with E-state index in [9.17, 15) is 4.79 Å². The smallest absolute Gasteiger partial charge is 0.358 e. The van der Waals surface area contributed by atoms with E-state index < -0.39 is 5.97 Å². The number of aromatic nitrogens is 2. The lowest BCUT2D eigenvalue weighted by Gasteiger charge is -2.12. The Balaban J connectivity index is 2.46. The first kappa shape index (κ1) is 11.5. The highest BCUT2D eigenvalue weighted by molar-refractivity contribution is 5.92. The minimum Gasteiger partial charge on any atom is -0.455 e. The van der Waals surface area contributed by atoms with Crippen molar-refractivity contribution < 1.29 is 14.3 Å². The number of nitrogens with zero attached hydrogens (tertiary/aromatic N) is 1. The van der Waals surface area contributed by atoms with Crippen molar-refractivity contribution in [3.8, 4) is 0 Å². The number of H-pyrrole nitrogens is 1. The average Bonchev–Trinajstić information content (AvgIpc) is 2.61. The van der Waals surface area contributed by atoms with Gasteiger partial charge < -0.3 is 15.2 Å². The van der Waals surface area contributed by atoms with Crippen LogP contribution in [0, 0.1) is 0 Å². The van der Waals surface area contributed by atoms with Gasteiger partial charge in [-0.1, -0.05) is 0 Å². The van der Waals surface area contributed by atoms with Crippen molar-refractivity contribution in [2.45, 2.75) is 20.0 Å². The summed E-state index contributed by atoms with van der Waals surface area (Å²) in [5.74, 6) is -0.516. The lowest BCUT2D eigenvalue weighted by Crippen LogP contribution is -2.21. The van der Waals surface area contributed by atoms with Crippen LogP contribution in [0.25, 0.3) is 0 Å². The van der Waals surface area contributed by atoms with Gasteiger partial charge in [0.2, 0.25) is 0 Å². The van der Waals surface area contributed by atoms with E-state index in [1.165, 1.54) is 6.20 Å². The Morgan fingerprint density at radius 1 is 1.73 bits per heavy atom. The van der Waals surface area contributed by atoms with E-state index in [-0.39, 0.29) is 17.5 Å². The van der Waals surface area contributed by atoms with Gasteiger partial charge in [-0.25, -0.2) is 4.79 Å². The van der Waals surface area contributed by atoms with Crippen molar-refractivity contribution in [2.75, 3.05) is 18.9 Å². The van der Waals surface area contributed by atoms with E-state index in [1.54, 1.807) is 6.92 Å². The maximum Gasteiger partial charge on any atom is 0.358 e. The molecule has 15 heavy (non-hydrogen) atoms. The standard InChI is InChI=1S/C9H15N3O3/c1-3-14-5-6(2)15-9(13)8-7(10)4-11-12-8/h4,6H,3,5,10H2,1-2H3,(H,11,12). The van der Waals surface area contributed by atoms with Gasteiger partial charge in [0, 0.05) is 6.61 Å². The minimum absolute atomic E-state index is 0.179. The van der Waals surface area contributed by atoms with E-state index in [2.05, 4.69) is 10.2 Å². The molecule has 0 aromatic carbocycles. The van der Waals surface area contributed by atoms with Crippen LogP contribution >= 0.6 is 0 Å². The highest BCUT2D eigenvalue weighted by Gasteiger charge is 2.16. The number of aromatic amines is 1. The number of carbonyl (C=O) groups excluding carboxylic acids is 1. The molecule has 84 valence electrons. The number of nitrogen functional groups attached to an aromatic ring is 1. The van der Waals surface area contributed by atoms with E-state index in [1.807, 2.05) is 6.92 Å². The Hall–Kier alpha value is -1.56. The summed E-state index contributed by atoms with van der Waals surface area (Å²) in [6.45, 7) is 4.59. The SMILES string of the molecule is CCOCC(C)OC(=O)c1[nH]ncc1N. The third-order valence-electron chi connectivity index (χ3n) is 1.74. The van der Waals surface area contributed by atoms with Gasteiger partial charge in [0.15, 0.2) is 5.69 Å². The van der Waals surface area contributed by atoms with E-state index in [0.717, 1.165) is 0 Å². The van der Waals surface area contributed by atoms with Crippen molar-refractivity contribution in [1.82, 2.24) is 10.2 Å². The maximum atomic E-state index is 11.5. The summed E-state index contributed by atoms with van der Waals surface area (Å²) < 4.78 is 10.2. The highest BCUT2D eigenvalue weighted by Crippen LogP contribution is 2.09. The molecule has 6 heteroatoms. The van der Waals surface area contributed by atoms with Gasteiger partial charge in [-0.15, -0.1) is 0 Å². The summed E-state index contributed by atoms with van der Waals surface area (Å²) >= 11 is 0. The number of hydrogen-bond acceptors (Lipinski definition) is 5. The molecule has 0 radical (unpaired) electrons. The summed E-state index contributed by atoms with van der Waals surface area (Å²) in [6.07, 6.45) is 1.06.